The van der Waals surface area contributed by atoms with Crippen LogP contribution in [0.1, 0.15) is 39.0 Å². The molecule has 1 fully saturated rings. The number of para-hydroxylation sites is 3. The van der Waals surface area contributed by atoms with Gasteiger partial charge in [-0.2, -0.15) is 8.42 Å². The van der Waals surface area contributed by atoms with Crippen LogP contribution in [0.25, 0.3) is 0 Å². The van der Waals surface area contributed by atoms with E-state index in [-0.39, 0.29) is 0 Å². The second kappa shape index (κ2) is 10.0. The predicted molar refractivity (Wildman–Crippen MR) is 128 cm³/mol. The number of likely N-dealkylation sites (tertiary alicyclic amines) is 1. The van der Waals surface area contributed by atoms with Crippen molar-refractivity contribution in [2.75, 3.05) is 41.3 Å². The van der Waals surface area contributed by atoms with Crippen LogP contribution in [0.2, 0.25) is 0 Å². The molecule has 0 amide bonds. The summed E-state index contributed by atoms with van der Waals surface area (Å²) in [5.74, 6) is 0. The average molecular weight is 443 g/mol. The lowest BCUT2D eigenvalue weighted by atomic mass is 10.0. The lowest BCUT2D eigenvalue weighted by Crippen LogP contribution is -2.43. The first-order chi connectivity index (χ1) is 15.1. The van der Waals surface area contributed by atoms with Gasteiger partial charge in [0.15, 0.2) is 0 Å². The van der Waals surface area contributed by atoms with Crippen molar-refractivity contribution in [2.45, 2.75) is 45.1 Å². The molecule has 2 aliphatic rings. The van der Waals surface area contributed by atoms with E-state index in [0.717, 1.165) is 37.4 Å². The molecular weight excluding hydrogens is 408 g/mol. The number of rotatable bonds is 9. The molecule has 1 saturated heterocycles. The smallest absolute Gasteiger partial charge is 0.314 e. The van der Waals surface area contributed by atoms with Crippen LogP contribution in [-0.4, -0.2) is 52.1 Å². The average Bonchev–Trinajstić information content (AvgIpc) is 3.02. The molecule has 0 aliphatic carbocycles. The van der Waals surface area contributed by atoms with Gasteiger partial charge in [-0.05, 0) is 76.1 Å². The molecule has 7 heteroatoms. The molecule has 2 aliphatic heterocycles. The second-order valence-corrected chi connectivity index (χ2v) is 10.1. The first-order valence-corrected chi connectivity index (χ1v) is 12.9. The van der Waals surface area contributed by atoms with Gasteiger partial charge < -0.3 is 10.2 Å². The van der Waals surface area contributed by atoms with E-state index in [1.165, 1.54) is 36.5 Å². The maximum Gasteiger partial charge on any atom is 0.330 e. The van der Waals surface area contributed by atoms with E-state index in [1.807, 2.05) is 54.6 Å². The molecule has 31 heavy (non-hydrogen) atoms. The van der Waals surface area contributed by atoms with Crippen LogP contribution in [0, 0.1) is 0 Å². The minimum atomic E-state index is -3.63. The minimum absolute atomic E-state index is 0.477. The molecule has 0 unspecified atom stereocenters. The molecule has 0 aromatic heterocycles. The molecule has 2 heterocycles. The van der Waals surface area contributed by atoms with Crippen molar-refractivity contribution in [3.05, 3.63) is 54.6 Å². The number of fused-ring (bicyclic) bond motifs is 1. The van der Waals surface area contributed by atoms with Crippen molar-refractivity contribution in [3.63, 3.8) is 0 Å². The largest absolute Gasteiger partial charge is 0.330 e. The molecule has 2 aromatic rings. The van der Waals surface area contributed by atoms with Crippen molar-refractivity contribution in [1.29, 1.82) is 0 Å². The monoisotopic (exact) mass is 442 g/mol. The Balaban J connectivity index is 1.34. The predicted octanol–water partition coefficient (Wildman–Crippen LogP) is 4.13. The zero-order valence-corrected chi connectivity index (χ0v) is 19.2. The molecule has 1 N–H and O–H groups in total. The van der Waals surface area contributed by atoms with E-state index in [0.29, 0.717) is 18.3 Å². The Bertz CT molecular complexity index is 943. The molecule has 6 nitrogen and oxygen atoms in total. The molecule has 168 valence electrons. The molecule has 4 rings (SSSR count). The zero-order chi connectivity index (χ0) is 21.7. The number of anilines is 3. The van der Waals surface area contributed by atoms with Crippen LogP contribution >= 0.6 is 0 Å². The highest BCUT2D eigenvalue weighted by Crippen LogP contribution is 2.44. The van der Waals surface area contributed by atoms with Gasteiger partial charge in [0.05, 0.1) is 17.1 Å². The maximum atomic E-state index is 13.4. The maximum absolute atomic E-state index is 13.4. The number of hydrogen-bond donors (Lipinski definition) is 1. The highest BCUT2D eigenvalue weighted by Gasteiger charge is 2.40. The third-order valence-electron chi connectivity index (χ3n) is 6.26. The summed E-state index contributed by atoms with van der Waals surface area (Å²) < 4.78 is 29.8. The Morgan fingerprint density at radius 3 is 2.29 bits per heavy atom. The lowest BCUT2D eigenvalue weighted by Gasteiger charge is -2.32. The van der Waals surface area contributed by atoms with Crippen molar-refractivity contribution in [3.8, 4) is 0 Å². The standard InChI is InChI=1S/C24H34N4O2S/c1-2-3-17-26-19-14-21(15-20-26)25-16-9-18-27-23-12-7-8-13-24(23)28(31(27,29)30)22-10-5-4-6-11-22/h4-8,10-13,21,25H,2-3,9,14-20H2,1H3. The Kier molecular flexibility index (Phi) is 7.15. The fourth-order valence-corrected chi connectivity index (χ4v) is 6.29. The summed E-state index contributed by atoms with van der Waals surface area (Å²) in [6, 6.07) is 17.4. The topological polar surface area (TPSA) is 55.9 Å². The summed E-state index contributed by atoms with van der Waals surface area (Å²) in [5.41, 5.74) is 2.15. The van der Waals surface area contributed by atoms with E-state index in [4.69, 9.17) is 0 Å². The van der Waals surface area contributed by atoms with Crippen LogP contribution in [0.3, 0.4) is 0 Å². The highest BCUT2D eigenvalue weighted by atomic mass is 32.2. The lowest BCUT2D eigenvalue weighted by molar-refractivity contribution is 0.195. The van der Waals surface area contributed by atoms with Gasteiger partial charge in [-0.25, -0.2) is 4.31 Å². The quantitative estimate of drug-likeness (QED) is 0.593. The SMILES string of the molecule is CCCCN1CCC(NCCCN2c3ccccc3N(c3ccccc3)S2(=O)=O)CC1. The van der Waals surface area contributed by atoms with Gasteiger partial charge in [-0.3, -0.25) is 4.31 Å². The van der Waals surface area contributed by atoms with Crippen LogP contribution in [-0.2, 0) is 10.2 Å². The van der Waals surface area contributed by atoms with Gasteiger partial charge in [0.1, 0.15) is 0 Å². The third kappa shape index (κ3) is 4.89. The Morgan fingerprint density at radius 2 is 1.58 bits per heavy atom. The van der Waals surface area contributed by atoms with Crippen LogP contribution in [0.15, 0.2) is 54.6 Å². The van der Waals surface area contributed by atoms with Crippen molar-refractivity contribution in [2.24, 2.45) is 0 Å². The Hall–Kier alpha value is -2.09. The number of unbranched alkanes of at least 4 members (excludes halogenated alkanes) is 1. The van der Waals surface area contributed by atoms with E-state index >= 15 is 0 Å². The van der Waals surface area contributed by atoms with E-state index < -0.39 is 10.2 Å². The van der Waals surface area contributed by atoms with Gasteiger partial charge >= 0.3 is 10.2 Å². The normalized spacial score (nSPS) is 19.0. The summed E-state index contributed by atoms with van der Waals surface area (Å²) in [7, 11) is -3.63. The van der Waals surface area contributed by atoms with Crippen LogP contribution < -0.4 is 13.9 Å². The number of piperidine rings is 1. The highest BCUT2D eigenvalue weighted by molar-refractivity contribution is 7.95. The molecule has 2 aromatic carbocycles. The summed E-state index contributed by atoms with van der Waals surface area (Å²) in [6.07, 6.45) is 5.67. The van der Waals surface area contributed by atoms with Crippen molar-refractivity contribution < 1.29 is 8.42 Å². The Morgan fingerprint density at radius 1 is 0.903 bits per heavy atom. The summed E-state index contributed by atoms with van der Waals surface area (Å²) in [6.45, 7) is 7.10. The molecular formula is C24H34N4O2S. The van der Waals surface area contributed by atoms with Crippen molar-refractivity contribution >= 4 is 27.3 Å². The van der Waals surface area contributed by atoms with Gasteiger partial charge in [0, 0.05) is 12.6 Å². The van der Waals surface area contributed by atoms with Gasteiger partial charge in [-0.1, -0.05) is 43.7 Å². The molecule has 0 radical (unpaired) electrons. The van der Waals surface area contributed by atoms with E-state index in [1.54, 1.807) is 4.31 Å². The Labute approximate surface area is 187 Å². The fraction of sp³-hybridized carbons (Fsp3) is 0.500. The van der Waals surface area contributed by atoms with Gasteiger partial charge in [0.25, 0.3) is 0 Å². The number of hydrogen-bond acceptors (Lipinski definition) is 4. The van der Waals surface area contributed by atoms with E-state index in [9.17, 15) is 8.42 Å². The minimum Gasteiger partial charge on any atom is -0.314 e. The molecule has 0 saturated carbocycles. The second-order valence-electron chi connectivity index (χ2n) is 8.45. The first-order valence-electron chi connectivity index (χ1n) is 11.5. The van der Waals surface area contributed by atoms with Crippen LogP contribution in [0.5, 0.6) is 0 Å². The zero-order valence-electron chi connectivity index (χ0n) is 18.4. The van der Waals surface area contributed by atoms with Crippen molar-refractivity contribution in [1.82, 2.24) is 10.2 Å². The van der Waals surface area contributed by atoms with Gasteiger partial charge in [-0.15, -0.1) is 0 Å². The summed E-state index contributed by atoms with van der Waals surface area (Å²) in [5, 5.41) is 3.65. The third-order valence-corrected chi connectivity index (χ3v) is 8.06. The van der Waals surface area contributed by atoms with Crippen LogP contribution in [0.4, 0.5) is 17.1 Å². The number of benzene rings is 2. The summed E-state index contributed by atoms with van der Waals surface area (Å²) >= 11 is 0. The fourth-order valence-electron chi connectivity index (χ4n) is 4.54. The first kappa shape index (κ1) is 22.1. The molecule has 0 bridgehead atoms. The van der Waals surface area contributed by atoms with Gasteiger partial charge in [0.2, 0.25) is 0 Å². The number of nitrogens with zero attached hydrogens (tertiary/aromatic N) is 3. The molecule has 0 spiro atoms. The number of nitrogens with one attached hydrogen (secondary N) is 1. The van der Waals surface area contributed by atoms with E-state index in [2.05, 4.69) is 17.1 Å². The summed E-state index contributed by atoms with van der Waals surface area (Å²) in [4.78, 5) is 2.56. The molecule has 0 atom stereocenters.